The van der Waals surface area contributed by atoms with Crippen LogP contribution in [-0.4, -0.2) is 17.4 Å². The maximum Gasteiger partial charge on any atom is 0.414 e. The van der Waals surface area contributed by atoms with Crippen LogP contribution in [0.25, 0.3) is 0 Å². The molecule has 0 spiro atoms. The molecule has 0 atom stereocenters. The van der Waals surface area contributed by atoms with Crippen LogP contribution in [0.5, 0.6) is 5.75 Å². The molecule has 1 heterocycles. The fourth-order valence-corrected chi connectivity index (χ4v) is 2.41. The molecule has 0 bridgehead atoms. The van der Waals surface area contributed by atoms with Crippen molar-refractivity contribution in [1.29, 1.82) is 0 Å². The molecule has 0 aliphatic carbocycles. The lowest BCUT2D eigenvalue weighted by Gasteiger charge is -2.14. The molecule has 1 aromatic heterocycles. The summed E-state index contributed by atoms with van der Waals surface area (Å²) >= 11 is 0. The van der Waals surface area contributed by atoms with E-state index >= 15 is 0 Å². The van der Waals surface area contributed by atoms with Crippen molar-refractivity contribution in [3.05, 3.63) is 48.0 Å². The Morgan fingerprint density at radius 3 is 2.09 bits per heavy atom. The van der Waals surface area contributed by atoms with Crippen LogP contribution in [0, 0.1) is 6.92 Å². The van der Waals surface area contributed by atoms with E-state index in [9.17, 15) is 8.42 Å². The second-order valence-electron chi connectivity index (χ2n) is 5.69. The van der Waals surface area contributed by atoms with E-state index in [2.05, 4.69) is 4.98 Å². The minimum Gasteiger partial charge on any atom is -0.366 e. The van der Waals surface area contributed by atoms with E-state index in [4.69, 9.17) is 4.18 Å². The first kappa shape index (κ1) is 18.2. The summed E-state index contributed by atoms with van der Waals surface area (Å²) in [6.07, 6.45) is 2.73. The van der Waals surface area contributed by atoms with Gasteiger partial charge < -0.3 is 4.18 Å². The van der Waals surface area contributed by atoms with E-state index in [1.165, 1.54) is 12.5 Å². The molecular formula is C16H24N2O3S. The average Bonchev–Trinajstić information content (AvgIpc) is 2.94. The van der Waals surface area contributed by atoms with Crippen LogP contribution in [0.15, 0.2) is 36.8 Å². The van der Waals surface area contributed by atoms with E-state index in [0.29, 0.717) is 5.69 Å². The smallest absolute Gasteiger partial charge is 0.366 e. The number of nitrogens with zero attached hydrogens (tertiary/aromatic N) is 2. The van der Waals surface area contributed by atoms with Gasteiger partial charge in [-0.15, -0.1) is 0 Å². The predicted molar refractivity (Wildman–Crippen MR) is 88.4 cm³/mol. The van der Waals surface area contributed by atoms with E-state index in [0.717, 1.165) is 9.54 Å². The highest BCUT2D eigenvalue weighted by molar-refractivity contribution is 7.85. The molecule has 0 radical (unpaired) electrons. The van der Waals surface area contributed by atoms with Crippen LogP contribution in [0.4, 0.5) is 0 Å². The number of rotatable bonds is 3. The summed E-state index contributed by atoms with van der Waals surface area (Å²) in [6, 6.07) is 6.82. The second-order valence-corrected chi connectivity index (χ2v) is 7.14. The zero-order chi connectivity index (χ0) is 17.0. The van der Waals surface area contributed by atoms with Crippen molar-refractivity contribution >= 4 is 10.3 Å². The van der Waals surface area contributed by atoms with Gasteiger partial charge in [0.2, 0.25) is 0 Å². The maximum absolute atomic E-state index is 12.1. The highest BCUT2D eigenvalue weighted by Gasteiger charge is 2.22. The molecule has 5 nitrogen and oxygen atoms in total. The van der Waals surface area contributed by atoms with Crippen molar-refractivity contribution in [3.63, 3.8) is 0 Å². The predicted octanol–water partition coefficient (Wildman–Crippen LogP) is 3.69. The molecule has 0 aliphatic heterocycles. The Bertz CT molecular complexity index is 696. The first-order valence-electron chi connectivity index (χ1n) is 7.24. The van der Waals surface area contributed by atoms with Crippen LogP contribution in [-0.2, 0) is 15.7 Å². The van der Waals surface area contributed by atoms with Crippen LogP contribution >= 0.6 is 0 Å². The highest BCUT2D eigenvalue weighted by Crippen LogP contribution is 2.21. The number of aromatic nitrogens is 2. The normalized spacial score (nSPS) is 11.5. The zero-order valence-corrected chi connectivity index (χ0v) is 14.8. The molecule has 1 aromatic carbocycles. The Kier molecular flexibility index (Phi) is 5.77. The van der Waals surface area contributed by atoms with Crippen molar-refractivity contribution in [3.8, 4) is 5.75 Å². The average molecular weight is 324 g/mol. The lowest BCUT2D eigenvalue weighted by molar-refractivity contribution is 0.475. The molecule has 2 rings (SSSR count). The van der Waals surface area contributed by atoms with Crippen molar-refractivity contribution in [1.82, 2.24) is 8.96 Å². The molecular weight excluding hydrogens is 300 g/mol. The van der Waals surface area contributed by atoms with Gasteiger partial charge in [0.25, 0.3) is 0 Å². The monoisotopic (exact) mass is 324 g/mol. The van der Waals surface area contributed by atoms with Gasteiger partial charge in [0.1, 0.15) is 12.1 Å². The molecule has 6 heteroatoms. The van der Waals surface area contributed by atoms with Gasteiger partial charge in [-0.2, -0.15) is 8.42 Å². The third kappa shape index (κ3) is 4.59. The van der Waals surface area contributed by atoms with Crippen molar-refractivity contribution in [2.75, 3.05) is 0 Å². The molecule has 0 saturated heterocycles. The third-order valence-electron chi connectivity index (χ3n) is 2.81. The fraction of sp³-hybridized carbons (Fsp3) is 0.438. The molecule has 0 fully saturated rings. The summed E-state index contributed by atoms with van der Waals surface area (Å²) in [5.74, 6) is 0.279. The fourth-order valence-electron chi connectivity index (χ4n) is 1.57. The highest BCUT2D eigenvalue weighted by atomic mass is 32.2. The molecule has 0 amide bonds. The summed E-state index contributed by atoms with van der Waals surface area (Å²) in [5.41, 5.74) is 1.51. The van der Waals surface area contributed by atoms with Crippen LogP contribution in [0.3, 0.4) is 0 Å². The van der Waals surface area contributed by atoms with Crippen LogP contribution in [0.1, 0.15) is 45.9 Å². The zero-order valence-electron chi connectivity index (χ0n) is 14.0. The number of aryl methyl sites for hydroxylation is 1. The Morgan fingerprint density at radius 2 is 1.64 bits per heavy atom. The molecule has 0 saturated carbocycles. The topological polar surface area (TPSA) is 61.2 Å². The molecule has 122 valence electrons. The Morgan fingerprint density at radius 1 is 1.09 bits per heavy atom. The van der Waals surface area contributed by atoms with Gasteiger partial charge in [0, 0.05) is 11.6 Å². The summed E-state index contributed by atoms with van der Waals surface area (Å²) < 4.78 is 30.3. The molecule has 22 heavy (non-hydrogen) atoms. The maximum atomic E-state index is 12.1. The summed E-state index contributed by atoms with van der Waals surface area (Å²) in [6.45, 7) is 11.8. The third-order valence-corrected chi connectivity index (χ3v) is 3.93. The number of benzene rings is 1. The van der Waals surface area contributed by atoms with Crippen LogP contribution < -0.4 is 4.18 Å². The van der Waals surface area contributed by atoms with E-state index in [1.807, 2.05) is 41.5 Å². The number of imidazole rings is 1. The Balaban J connectivity index is 0.00000116. The van der Waals surface area contributed by atoms with Crippen molar-refractivity contribution in [2.24, 2.45) is 0 Å². The van der Waals surface area contributed by atoms with Gasteiger partial charge in [0.15, 0.2) is 0 Å². The summed E-state index contributed by atoms with van der Waals surface area (Å²) in [5, 5.41) is 0. The second kappa shape index (κ2) is 6.96. The van der Waals surface area contributed by atoms with Crippen LogP contribution in [0.2, 0.25) is 0 Å². The Labute approximate surface area is 133 Å². The van der Waals surface area contributed by atoms with E-state index in [1.54, 1.807) is 24.3 Å². The quantitative estimate of drug-likeness (QED) is 0.864. The molecule has 2 aromatic rings. The summed E-state index contributed by atoms with van der Waals surface area (Å²) in [4.78, 5) is 4.11. The standard InChI is InChI=1S/C14H18N2O3S.C2H6/c1-11-5-7-12(8-6-11)19-20(17,18)16-9-13(15-10-16)14(2,3)4;1-2/h5-10H,1-4H3;1-2H3. The van der Waals surface area contributed by atoms with Gasteiger partial charge in [-0.1, -0.05) is 52.3 Å². The first-order chi connectivity index (χ1) is 10.2. The number of hydrogen-bond donors (Lipinski definition) is 0. The van der Waals surface area contributed by atoms with Crippen molar-refractivity contribution in [2.45, 2.75) is 47.0 Å². The van der Waals surface area contributed by atoms with Gasteiger partial charge in [-0.25, -0.2) is 8.96 Å². The molecule has 0 aliphatic rings. The van der Waals surface area contributed by atoms with Gasteiger partial charge in [-0.3, -0.25) is 0 Å². The summed E-state index contributed by atoms with van der Waals surface area (Å²) in [7, 11) is -3.91. The van der Waals surface area contributed by atoms with Gasteiger partial charge in [-0.05, 0) is 19.1 Å². The Hall–Kier alpha value is -1.82. The lowest BCUT2D eigenvalue weighted by atomic mass is 9.93. The van der Waals surface area contributed by atoms with E-state index in [-0.39, 0.29) is 11.2 Å². The molecule has 0 unspecified atom stereocenters. The lowest BCUT2D eigenvalue weighted by Crippen LogP contribution is -2.18. The minimum atomic E-state index is -3.91. The van der Waals surface area contributed by atoms with Gasteiger partial charge in [0.05, 0.1) is 5.69 Å². The van der Waals surface area contributed by atoms with Gasteiger partial charge >= 0.3 is 10.3 Å². The largest absolute Gasteiger partial charge is 0.414 e. The first-order valence-corrected chi connectivity index (χ1v) is 8.61. The van der Waals surface area contributed by atoms with E-state index < -0.39 is 10.3 Å². The SMILES string of the molecule is CC.Cc1ccc(OS(=O)(=O)n2cnc(C(C)(C)C)c2)cc1. The molecule has 0 N–H and O–H groups in total. The minimum absolute atomic E-state index is 0.218. The van der Waals surface area contributed by atoms with Crippen molar-refractivity contribution < 1.29 is 12.6 Å². The number of hydrogen-bond acceptors (Lipinski definition) is 4.